The van der Waals surface area contributed by atoms with Gasteiger partial charge in [-0.25, -0.2) is 0 Å². The van der Waals surface area contributed by atoms with Crippen molar-refractivity contribution in [3.05, 3.63) is 28.7 Å². The quantitative estimate of drug-likeness (QED) is 0.339. The molecule has 0 amide bonds. The van der Waals surface area contributed by atoms with E-state index in [2.05, 4.69) is 26.4 Å². The standard InChI is InChI=1S/C12H16BrN3O/c13-9-3-1-2-4-10(9)15-8-12(5-6-12)7-11(14)16-17/h1-4,15,17H,5-8H2,(H2,14,16). The molecular formula is C12H16BrN3O. The molecule has 1 fully saturated rings. The largest absolute Gasteiger partial charge is 0.409 e. The number of nitrogens with two attached hydrogens (primary N) is 1. The van der Waals surface area contributed by atoms with Crippen LogP contribution in [0.2, 0.25) is 0 Å². The summed E-state index contributed by atoms with van der Waals surface area (Å²) in [5, 5.41) is 15.0. The molecule has 0 heterocycles. The molecule has 4 nitrogen and oxygen atoms in total. The summed E-state index contributed by atoms with van der Waals surface area (Å²) in [5.41, 5.74) is 6.81. The Hall–Kier alpha value is -1.23. The lowest BCUT2D eigenvalue weighted by molar-refractivity contribution is 0.315. The van der Waals surface area contributed by atoms with Crippen LogP contribution in [0, 0.1) is 5.41 Å². The zero-order chi connectivity index (χ0) is 12.3. The number of nitrogens with one attached hydrogen (secondary N) is 1. The summed E-state index contributed by atoms with van der Waals surface area (Å²) >= 11 is 3.50. The normalized spacial score (nSPS) is 17.8. The Morgan fingerprint density at radius 1 is 1.47 bits per heavy atom. The van der Waals surface area contributed by atoms with E-state index in [1.54, 1.807) is 0 Å². The average molecular weight is 298 g/mol. The fourth-order valence-corrected chi connectivity index (χ4v) is 2.32. The highest BCUT2D eigenvalue weighted by Crippen LogP contribution is 2.48. The number of hydrogen-bond acceptors (Lipinski definition) is 3. The maximum absolute atomic E-state index is 8.59. The molecule has 4 N–H and O–H groups in total. The topological polar surface area (TPSA) is 70.6 Å². The minimum absolute atomic E-state index is 0.172. The Morgan fingerprint density at radius 2 is 2.18 bits per heavy atom. The predicted octanol–water partition coefficient (Wildman–Crippen LogP) is 2.78. The zero-order valence-corrected chi connectivity index (χ0v) is 11.1. The number of hydrogen-bond donors (Lipinski definition) is 3. The van der Waals surface area contributed by atoms with Gasteiger partial charge in [0.25, 0.3) is 0 Å². The van der Waals surface area contributed by atoms with E-state index >= 15 is 0 Å². The van der Waals surface area contributed by atoms with Crippen LogP contribution in [-0.4, -0.2) is 17.6 Å². The van der Waals surface area contributed by atoms with Crippen molar-refractivity contribution in [2.75, 3.05) is 11.9 Å². The molecule has 17 heavy (non-hydrogen) atoms. The fourth-order valence-electron chi connectivity index (χ4n) is 1.90. The van der Waals surface area contributed by atoms with Crippen LogP contribution < -0.4 is 11.1 Å². The van der Waals surface area contributed by atoms with E-state index < -0.39 is 0 Å². The molecule has 0 aromatic heterocycles. The van der Waals surface area contributed by atoms with Crippen molar-refractivity contribution < 1.29 is 5.21 Å². The molecule has 92 valence electrons. The molecule has 0 radical (unpaired) electrons. The van der Waals surface area contributed by atoms with Gasteiger partial charge in [0.2, 0.25) is 0 Å². The van der Waals surface area contributed by atoms with Crippen molar-refractivity contribution in [2.24, 2.45) is 16.3 Å². The number of para-hydroxylation sites is 1. The van der Waals surface area contributed by atoms with E-state index in [1.165, 1.54) is 0 Å². The number of oxime groups is 1. The van der Waals surface area contributed by atoms with Crippen LogP contribution >= 0.6 is 15.9 Å². The third-order valence-corrected chi connectivity index (χ3v) is 3.86. The van der Waals surface area contributed by atoms with Gasteiger partial charge in [-0.3, -0.25) is 0 Å². The lowest BCUT2D eigenvalue weighted by Gasteiger charge is -2.16. The van der Waals surface area contributed by atoms with Crippen LogP contribution in [-0.2, 0) is 0 Å². The van der Waals surface area contributed by atoms with Crippen molar-refractivity contribution in [2.45, 2.75) is 19.3 Å². The minimum atomic E-state index is 0.172. The number of nitrogens with zero attached hydrogens (tertiary/aromatic N) is 1. The molecule has 0 aliphatic heterocycles. The number of halogens is 1. The molecule has 0 spiro atoms. The number of anilines is 1. The molecule has 1 aromatic rings. The molecule has 2 rings (SSSR count). The fraction of sp³-hybridized carbons (Fsp3) is 0.417. The van der Waals surface area contributed by atoms with E-state index in [-0.39, 0.29) is 5.41 Å². The molecular weight excluding hydrogens is 282 g/mol. The van der Waals surface area contributed by atoms with Gasteiger partial charge in [0.1, 0.15) is 5.84 Å². The molecule has 1 saturated carbocycles. The van der Waals surface area contributed by atoms with E-state index in [9.17, 15) is 0 Å². The highest BCUT2D eigenvalue weighted by atomic mass is 79.9. The van der Waals surface area contributed by atoms with Crippen LogP contribution in [0.25, 0.3) is 0 Å². The Bertz CT molecular complexity index is 430. The third-order valence-electron chi connectivity index (χ3n) is 3.17. The highest BCUT2D eigenvalue weighted by Gasteiger charge is 2.43. The first kappa shape index (κ1) is 12.2. The first-order chi connectivity index (χ1) is 8.15. The summed E-state index contributed by atoms with van der Waals surface area (Å²) in [4.78, 5) is 0. The Kier molecular flexibility index (Phi) is 3.57. The number of amidine groups is 1. The smallest absolute Gasteiger partial charge is 0.139 e. The van der Waals surface area contributed by atoms with Crippen LogP contribution in [0.3, 0.4) is 0 Å². The lowest BCUT2D eigenvalue weighted by Crippen LogP contribution is -2.23. The molecule has 0 bridgehead atoms. The minimum Gasteiger partial charge on any atom is -0.409 e. The Balaban J connectivity index is 1.92. The van der Waals surface area contributed by atoms with Gasteiger partial charge in [0, 0.05) is 23.1 Å². The highest BCUT2D eigenvalue weighted by molar-refractivity contribution is 9.10. The van der Waals surface area contributed by atoms with E-state index in [1.807, 2.05) is 24.3 Å². The van der Waals surface area contributed by atoms with Gasteiger partial charge in [-0.15, -0.1) is 0 Å². The second-order valence-corrected chi connectivity index (χ2v) is 5.46. The molecule has 1 aliphatic rings. The van der Waals surface area contributed by atoms with Gasteiger partial charge in [0.05, 0.1) is 0 Å². The lowest BCUT2D eigenvalue weighted by atomic mass is 10.0. The SMILES string of the molecule is NC(CC1(CNc2ccccc2Br)CC1)=NO. The molecule has 0 saturated heterocycles. The number of rotatable bonds is 5. The summed E-state index contributed by atoms with van der Waals surface area (Å²) in [6.45, 7) is 0.853. The summed E-state index contributed by atoms with van der Waals surface area (Å²) in [6.07, 6.45) is 2.91. The van der Waals surface area contributed by atoms with Crippen molar-refractivity contribution in [3.63, 3.8) is 0 Å². The van der Waals surface area contributed by atoms with Gasteiger partial charge < -0.3 is 16.3 Å². The van der Waals surface area contributed by atoms with Crippen molar-refractivity contribution in [3.8, 4) is 0 Å². The molecule has 1 aromatic carbocycles. The van der Waals surface area contributed by atoms with Gasteiger partial charge >= 0.3 is 0 Å². The average Bonchev–Trinajstić information content (AvgIpc) is 3.08. The summed E-state index contributed by atoms with van der Waals surface area (Å²) in [6, 6.07) is 8.02. The van der Waals surface area contributed by atoms with Gasteiger partial charge in [-0.2, -0.15) is 0 Å². The Labute approximate surface area is 109 Å². The number of benzene rings is 1. The monoisotopic (exact) mass is 297 g/mol. The molecule has 1 aliphatic carbocycles. The van der Waals surface area contributed by atoms with Gasteiger partial charge in [0.15, 0.2) is 0 Å². The molecule has 0 unspecified atom stereocenters. The first-order valence-corrected chi connectivity index (χ1v) is 6.39. The van der Waals surface area contributed by atoms with Crippen molar-refractivity contribution in [1.29, 1.82) is 0 Å². The van der Waals surface area contributed by atoms with Gasteiger partial charge in [-0.1, -0.05) is 17.3 Å². The molecule has 5 heteroatoms. The summed E-state index contributed by atoms with van der Waals surface area (Å²) < 4.78 is 1.06. The third kappa shape index (κ3) is 3.12. The maximum atomic E-state index is 8.59. The summed E-state index contributed by atoms with van der Waals surface area (Å²) in [5.74, 6) is 0.316. The van der Waals surface area contributed by atoms with Crippen LogP contribution in [0.5, 0.6) is 0 Å². The zero-order valence-electron chi connectivity index (χ0n) is 9.49. The van der Waals surface area contributed by atoms with E-state index in [0.29, 0.717) is 12.3 Å². The van der Waals surface area contributed by atoms with E-state index in [4.69, 9.17) is 10.9 Å². The maximum Gasteiger partial charge on any atom is 0.139 e. The van der Waals surface area contributed by atoms with Crippen LogP contribution in [0.4, 0.5) is 5.69 Å². The second kappa shape index (κ2) is 4.96. The van der Waals surface area contributed by atoms with E-state index in [0.717, 1.165) is 29.5 Å². The summed E-state index contributed by atoms with van der Waals surface area (Å²) in [7, 11) is 0. The van der Waals surface area contributed by atoms with Crippen molar-refractivity contribution in [1.82, 2.24) is 0 Å². The van der Waals surface area contributed by atoms with Crippen LogP contribution in [0.15, 0.2) is 33.9 Å². The van der Waals surface area contributed by atoms with Crippen LogP contribution in [0.1, 0.15) is 19.3 Å². The predicted molar refractivity (Wildman–Crippen MR) is 72.3 cm³/mol. The molecule has 0 atom stereocenters. The first-order valence-electron chi connectivity index (χ1n) is 5.60. The second-order valence-electron chi connectivity index (χ2n) is 4.60. The van der Waals surface area contributed by atoms with Gasteiger partial charge in [-0.05, 0) is 46.3 Å². The Morgan fingerprint density at radius 3 is 2.76 bits per heavy atom. The van der Waals surface area contributed by atoms with Crippen molar-refractivity contribution >= 4 is 27.5 Å².